The summed E-state index contributed by atoms with van der Waals surface area (Å²) >= 11 is 0. The molecule has 1 aromatic heterocycles. The Bertz CT molecular complexity index is 703. The number of rotatable bonds is 6. The molecule has 24 heavy (non-hydrogen) atoms. The van der Waals surface area contributed by atoms with E-state index in [1.54, 1.807) is 26.5 Å². The van der Waals surface area contributed by atoms with Crippen LogP contribution in [0.1, 0.15) is 17.7 Å². The first-order chi connectivity index (χ1) is 11.7. The zero-order valence-electron chi connectivity index (χ0n) is 14.1. The molecule has 0 unspecified atom stereocenters. The van der Waals surface area contributed by atoms with Crippen LogP contribution in [0.25, 0.3) is 0 Å². The average molecular weight is 326 g/mol. The van der Waals surface area contributed by atoms with E-state index in [-0.39, 0.29) is 5.91 Å². The van der Waals surface area contributed by atoms with Gasteiger partial charge in [-0.25, -0.2) is 0 Å². The molecule has 0 spiro atoms. The summed E-state index contributed by atoms with van der Waals surface area (Å²) in [5, 5.41) is 0. The molecule has 0 bridgehead atoms. The third-order valence-corrected chi connectivity index (χ3v) is 4.37. The quantitative estimate of drug-likeness (QED) is 0.819. The van der Waals surface area contributed by atoms with Crippen LogP contribution >= 0.6 is 0 Å². The molecule has 5 nitrogen and oxygen atoms in total. The highest BCUT2D eigenvalue weighted by atomic mass is 16.5. The van der Waals surface area contributed by atoms with Gasteiger partial charge in [0, 0.05) is 25.2 Å². The Hall–Kier alpha value is -2.56. The molecule has 0 radical (unpaired) electrons. The Morgan fingerprint density at radius 2 is 1.96 bits per heavy atom. The number of benzene rings is 1. The maximum Gasteiger partial charge on any atom is 0.223 e. The molecule has 2 heterocycles. The molecule has 126 valence electrons. The monoisotopic (exact) mass is 326 g/mol. The van der Waals surface area contributed by atoms with Crippen molar-refractivity contribution in [1.29, 1.82) is 0 Å². The highest BCUT2D eigenvalue weighted by Gasteiger charge is 2.30. The molecule has 1 aromatic carbocycles. The molecule has 2 aromatic rings. The maximum atomic E-state index is 12.4. The molecule has 1 fully saturated rings. The van der Waals surface area contributed by atoms with Gasteiger partial charge in [-0.15, -0.1) is 0 Å². The Morgan fingerprint density at radius 1 is 1.17 bits per heavy atom. The predicted molar refractivity (Wildman–Crippen MR) is 91.0 cm³/mol. The van der Waals surface area contributed by atoms with Gasteiger partial charge in [0.1, 0.15) is 5.69 Å². The van der Waals surface area contributed by atoms with E-state index < -0.39 is 0 Å². The number of pyridine rings is 1. The second kappa shape index (κ2) is 7.34. The fourth-order valence-electron chi connectivity index (χ4n) is 3.23. The maximum absolute atomic E-state index is 12.4. The van der Waals surface area contributed by atoms with Crippen LogP contribution in [0.5, 0.6) is 11.5 Å². The van der Waals surface area contributed by atoms with Crippen molar-refractivity contribution < 1.29 is 14.3 Å². The van der Waals surface area contributed by atoms with Crippen LogP contribution in [0.4, 0.5) is 0 Å². The van der Waals surface area contributed by atoms with Gasteiger partial charge >= 0.3 is 0 Å². The minimum Gasteiger partial charge on any atom is -0.493 e. The van der Waals surface area contributed by atoms with Crippen LogP contribution in [0.3, 0.4) is 0 Å². The highest BCUT2D eigenvalue weighted by molar-refractivity contribution is 5.78. The van der Waals surface area contributed by atoms with Gasteiger partial charge in [0.25, 0.3) is 0 Å². The number of hydrogen-bond acceptors (Lipinski definition) is 4. The van der Waals surface area contributed by atoms with Crippen molar-refractivity contribution >= 4 is 5.91 Å². The minimum atomic E-state index is 0.169. The van der Waals surface area contributed by atoms with Gasteiger partial charge in [0.2, 0.25) is 5.91 Å². The lowest BCUT2D eigenvalue weighted by molar-refractivity contribution is -0.128. The van der Waals surface area contributed by atoms with Crippen molar-refractivity contribution in [3.05, 3.63) is 53.9 Å². The van der Waals surface area contributed by atoms with Crippen molar-refractivity contribution in [3.8, 4) is 11.5 Å². The van der Waals surface area contributed by atoms with E-state index in [9.17, 15) is 4.79 Å². The summed E-state index contributed by atoms with van der Waals surface area (Å²) in [6.07, 6.45) is 3.19. The molecule has 1 atom stereocenters. The number of carbonyl (C=O) groups is 1. The number of likely N-dealkylation sites (tertiary alicyclic amines) is 1. The molecular formula is C19H22N2O3. The summed E-state index contributed by atoms with van der Waals surface area (Å²) in [5.41, 5.74) is 2.00. The van der Waals surface area contributed by atoms with E-state index in [0.717, 1.165) is 18.7 Å². The van der Waals surface area contributed by atoms with Crippen molar-refractivity contribution in [2.24, 2.45) is 5.92 Å². The number of carbonyl (C=O) groups excluding carboxylic acids is 1. The standard InChI is InChI=1S/C19H22N2O3/c1-23-17-8-9-20-16(19(17)24-2)13-21-12-15(11-18(21)22)10-14-6-4-3-5-7-14/h3-9,15H,10-13H2,1-2H3/t15-/m1/s1. The fraction of sp³-hybridized carbons (Fsp3) is 0.368. The molecule has 0 saturated carbocycles. The first-order valence-corrected chi connectivity index (χ1v) is 8.08. The lowest BCUT2D eigenvalue weighted by Crippen LogP contribution is -2.25. The highest BCUT2D eigenvalue weighted by Crippen LogP contribution is 2.31. The average Bonchev–Trinajstić information content (AvgIpc) is 2.94. The van der Waals surface area contributed by atoms with Gasteiger partial charge in [-0.1, -0.05) is 30.3 Å². The van der Waals surface area contributed by atoms with E-state index in [1.165, 1.54) is 5.56 Å². The number of nitrogens with zero attached hydrogens (tertiary/aromatic N) is 2. The normalized spacial score (nSPS) is 17.2. The second-order valence-electron chi connectivity index (χ2n) is 6.03. The third-order valence-electron chi connectivity index (χ3n) is 4.37. The van der Waals surface area contributed by atoms with Crippen LogP contribution in [-0.4, -0.2) is 36.6 Å². The van der Waals surface area contributed by atoms with Crippen LogP contribution in [0.15, 0.2) is 42.6 Å². The molecule has 5 heteroatoms. The number of methoxy groups -OCH3 is 2. The van der Waals surface area contributed by atoms with Gasteiger partial charge in [0.15, 0.2) is 11.5 Å². The molecule has 1 amide bonds. The van der Waals surface area contributed by atoms with E-state index in [4.69, 9.17) is 9.47 Å². The van der Waals surface area contributed by atoms with Gasteiger partial charge in [-0.2, -0.15) is 0 Å². The Labute approximate surface area is 142 Å². The number of ether oxygens (including phenoxy) is 2. The zero-order valence-corrected chi connectivity index (χ0v) is 14.1. The lowest BCUT2D eigenvalue weighted by Gasteiger charge is -2.19. The molecule has 1 aliphatic heterocycles. The SMILES string of the molecule is COc1ccnc(CN2C[C@H](Cc3ccccc3)CC2=O)c1OC. The predicted octanol–water partition coefficient (Wildman–Crippen LogP) is 2.69. The summed E-state index contributed by atoms with van der Waals surface area (Å²) in [6.45, 7) is 1.19. The second-order valence-corrected chi connectivity index (χ2v) is 6.03. The van der Waals surface area contributed by atoms with Crippen LogP contribution < -0.4 is 9.47 Å². The summed E-state index contributed by atoms with van der Waals surface area (Å²) < 4.78 is 10.7. The largest absolute Gasteiger partial charge is 0.493 e. The number of aromatic nitrogens is 1. The molecule has 0 aliphatic carbocycles. The van der Waals surface area contributed by atoms with E-state index >= 15 is 0 Å². The third kappa shape index (κ3) is 3.50. The fourth-order valence-corrected chi connectivity index (χ4v) is 3.23. The smallest absolute Gasteiger partial charge is 0.223 e. The van der Waals surface area contributed by atoms with Gasteiger partial charge in [-0.05, 0) is 17.9 Å². The van der Waals surface area contributed by atoms with Gasteiger partial charge in [-0.3, -0.25) is 9.78 Å². The molecule has 1 aliphatic rings. The summed E-state index contributed by atoms with van der Waals surface area (Å²) in [7, 11) is 3.19. The van der Waals surface area contributed by atoms with E-state index in [0.29, 0.717) is 30.4 Å². The molecule has 3 rings (SSSR count). The van der Waals surface area contributed by atoms with Crippen molar-refractivity contribution in [2.75, 3.05) is 20.8 Å². The lowest BCUT2D eigenvalue weighted by atomic mass is 9.99. The molecule has 1 saturated heterocycles. The minimum absolute atomic E-state index is 0.169. The molecule has 0 N–H and O–H groups in total. The van der Waals surface area contributed by atoms with E-state index in [2.05, 4.69) is 17.1 Å². The Balaban J connectivity index is 1.69. The first kappa shape index (κ1) is 16.3. The van der Waals surface area contributed by atoms with Crippen molar-refractivity contribution in [3.63, 3.8) is 0 Å². The summed E-state index contributed by atoms with van der Waals surface area (Å²) in [4.78, 5) is 18.6. The van der Waals surface area contributed by atoms with Gasteiger partial charge in [0.05, 0.1) is 20.8 Å². The Morgan fingerprint density at radius 3 is 2.67 bits per heavy atom. The van der Waals surface area contributed by atoms with Crippen LogP contribution in [0, 0.1) is 5.92 Å². The van der Waals surface area contributed by atoms with Crippen molar-refractivity contribution in [1.82, 2.24) is 9.88 Å². The summed E-state index contributed by atoms with van der Waals surface area (Å²) in [5.74, 6) is 1.74. The number of amides is 1. The van der Waals surface area contributed by atoms with E-state index in [1.807, 2.05) is 23.1 Å². The molecular weight excluding hydrogens is 304 g/mol. The topological polar surface area (TPSA) is 51.7 Å². The van der Waals surface area contributed by atoms with Gasteiger partial charge < -0.3 is 14.4 Å². The summed E-state index contributed by atoms with van der Waals surface area (Å²) in [6, 6.07) is 12.1. The first-order valence-electron chi connectivity index (χ1n) is 8.08. The van der Waals surface area contributed by atoms with Crippen molar-refractivity contribution in [2.45, 2.75) is 19.4 Å². The Kier molecular flexibility index (Phi) is 4.99. The van der Waals surface area contributed by atoms with Crippen LogP contribution in [-0.2, 0) is 17.8 Å². The van der Waals surface area contributed by atoms with Crippen LogP contribution in [0.2, 0.25) is 0 Å². The zero-order chi connectivity index (χ0) is 16.9. The number of hydrogen-bond donors (Lipinski definition) is 0.